The van der Waals surface area contributed by atoms with Gasteiger partial charge >= 0.3 is 21.6 Å². The molecule has 0 bridgehead atoms. The third-order valence-electron chi connectivity index (χ3n) is 4.35. The second-order valence-electron chi connectivity index (χ2n) is 7.87. The summed E-state index contributed by atoms with van der Waals surface area (Å²) in [6, 6.07) is 4.71. The topological polar surface area (TPSA) is 113 Å². The number of hydrogen-bond acceptors (Lipinski definition) is 8. The van der Waals surface area contributed by atoms with Gasteiger partial charge in [-0.15, -0.1) is 0 Å². The fourth-order valence-corrected chi connectivity index (χ4v) is 3.65. The van der Waals surface area contributed by atoms with Crippen LogP contribution in [0.25, 0.3) is 0 Å². The number of benzene rings is 1. The van der Waals surface area contributed by atoms with Crippen molar-refractivity contribution < 1.29 is 47.6 Å². The number of alkyl halides is 3. The largest absolute Gasteiger partial charge is 0.523 e. The Hall–Kier alpha value is -1.48. The molecule has 1 atom stereocenters. The Bertz CT molecular complexity index is 996. The standard InChI is InChI=1S/C16H23F3O8S2Si/c1-15(2,3)30(5,6)27-13(20)11-9-7-8-10-12(11)14(25-28(4,21)22)26-29(23,24)16(17,18)19/h7-10,14H,1-6H3. The third-order valence-corrected chi connectivity index (χ3v) is 10.2. The molecule has 0 N–H and O–H groups in total. The summed E-state index contributed by atoms with van der Waals surface area (Å²) < 4.78 is 98.1. The van der Waals surface area contributed by atoms with E-state index in [9.17, 15) is 34.8 Å². The lowest BCUT2D eigenvalue weighted by Crippen LogP contribution is -2.42. The first kappa shape index (κ1) is 26.6. The summed E-state index contributed by atoms with van der Waals surface area (Å²) in [5.74, 6) is -0.979. The predicted molar refractivity (Wildman–Crippen MR) is 104 cm³/mol. The molecule has 172 valence electrons. The molecule has 0 saturated heterocycles. The van der Waals surface area contributed by atoms with E-state index in [2.05, 4.69) is 8.37 Å². The van der Waals surface area contributed by atoms with Crippen LogP contribution in [0, 0.1) is 0 Å². The van der Waals surface area contributed by atoms with Gasteiger partial charge in [-0.05, 0) is 24.2 Å². The second kappa shape index (κ2) is 8.57. The monoisotopic (exact) mass is 492 g/mol. The molecule has 14 heteroatoms. The molecule has 1 aromatic rings. The minimum atomic E-state index is -6.25. The molecule has 0 amide bonds. The van der Waals surface area contributed by atoms with Crippen molar-refractivity contribution in [3.8, 4) is 0 Å². The Morgan fingerprint density at radius 3 is 1.93 bits per heavy atom. The molecule has 0 fully saturated rings. The Labute approximate surface area is 174 Å². The molecule has 8 nitrogen and oxygen atoms in total. The number of carbonyl (C=O) groups excluding carboxylic acids is 1. The van der Waals surface area contributed by atoms with Gasteiger partial charge in [0.05, 0.1) is 11.8 Å². The molecule has 0 spiro atoms. The fraction of sp³-hybridized carbons (Fsp3) is 0.562. The van der Waals surface area contributed by atoms with Gasteiger partial charge in [0.25, 0.3) is 18.4 Å². The van der Waals surface area contributed by atoms with Crippen molar-refractivity contribution in [1.29, 1.82) is 0 Å². The van der Waals surface area contributed by atoms with Gasteiger partial charge in [-0.1, -0.05) is 39.0 Å². The van der Waals surface area contributed by atoms with Gasteiger partial charge in [0, 0.05) is 5.56 Å². The lowest BCUT2D eigenvalue weighted by atomic mass is 10.1. The van der Waals surface area contributed by atoms with Crippen LogP contribution in [0.3, 0.4) is 0 Å². The van der Waals surface area contributed by atoms with Gasteiger partial charge in [0.1, 0.15) is 0 Å². The highest BCUT2D eigenvalue weighted by Gasteiger charge is 2.50. The molecule has 0 radical (unpaired) electrons. The maximum atomic E-state index is 12.8. The molecule has 0 aliphatic rings. The van der Waals surface area contributed by atoms with Crippen molar-refractivity contribution in [3.05, 3.63) is 35.4 Å². The summed E-state index contributed by atoms with van der Waals surface area (Å²) in [4.78, 5) is 12.7. The van der Waals surface area contributed by atoms with Crippen LogP contribution in [0.4, 0.5) is 13.2 Å². The van der Waals surface area contributed by atoms with Crippen molar-refractivity contribution in [2.45, 2.75) is 50.7 Å². The first-order valence-electron chi connectivity index (χ1n) is 8.38. The highest BCUT2D eigenvalue weighted by molar-refractivity contribution is 7.87. The van der Waals surface area contributed by atoms with Crippen LogP contribution in [0.1, 0.15) is 43.0 Å². The van der Waals surface area contributed by atoms with Gasteiger partial charge in [0.2, 0.25) is 6.29 Å². The molecule has 0 aliphatic carbocycles. The van der Waals surface area contributed by atoms with E-state index in [0.717, 1.165) is 12.1 Å². The molecule has 1 aromatic carbocycles. The maximum Gasteiger partial charge on any atom is 0.523 e. The molecular weight excluding hydrogens is 469 g/mol. The molecule has 0 heterocycles. The zero-order valence-corrected chi connectivity index (χ0v) is 19.7. The van der Waals surface area contributed by atoms with Crippen molar-refractivity contribution in [2.75, 3.05) is 6.26 Å². The van der Waals surface area contributed by atoms with Gasteiger partial charge in [-0.25, -0.2) is 13.2 Å². The van der Waals surface area contributed by atoms with Crippen LogP contribution in [-0.4, -0.2) is 42.9 Å². The molecule has 1 unspecified atom stereocenters. The lowest BCUT2D eigenvalue weighted by Gasteiger charge is -2.35. The zero-order valence-electron chi connectivity index (χ0n) is 17.1. The fourth-order valence-electron chi connectivity index (χ4n) is 1.78. The van der Waals surface area contributed by atoms with Crippen molar-refractivity contribution in [1.82, 2.24) is 0 Å². The minimum Gasteiger partial charge on any atom is -0.516 e. The van der Waals surface area contributed by atoms with E-state index in [-0.39, 0.29) is 0 Å². The third kappa shape index (κ3) is 6.77. The first-order chi connectivity index (χ1) is 13.2. The molecule has 1 rings (SSSR count). The molecule has 0 saturated carbocycles. The van der Waals surface area contributed by atoms with Crippen LogP contribution in [-0.2, 0) is 33.0 Å². The number of halogens is 3. The highest BCUT2D eigenvalue weighted by Crippen LogP contribution is 2.38. The Balaban J connectivity index is 3.49. The maximum absolute atomic E-state index is 12.8. The highest BCUT2D eigenvalue weighted by atomic mass is 32.2. The van der Waals surface area contributed by atoms with E-state index in [1.54, 1.807) is 13.1 Å². The average Bonchev–Trinajstić information content (AvgIpc) is 2.50. The van der Waals surface area contributed by atoms with E-state index in [0.29, 0.717) is 6.26 Å². The Morgan fingerprint density at radius 1 is 1.00 bits per heavy atom. The summed E-state index contributed by atoms with van der Waals surface area (Å²) in [5.41, 5.74) is -6.80. The summed E-state index contributed by atoms with van der Waals surface area (Å²) in [7, 11) is -13.4. The second-order valence-corrected chi connectivity index (χ2v) is 15.8. The quantitative estimate of drug-likeness (QED) is 0.245. The van der Waals surface area contributed by atoms with Crippen LogP contribution in [0.2, 0.25) is 18.1 Å². The first-order valence-corrected chi connectivity index (χ1v) is 14.5. The predicted octanol–water partition coefficient (Wildman–Crippen LogP) is 3.69. The van der Waals surface area contributed by atoms with Crippen LogP contribution in [0.5, 0.6) is 0 Å². The molecule has 30 heavy (non-hydrogen) atoms. The average molecular weight is 493 g/mol. The van der Waals surface area contributed by atoms with Crippen LogP contribution >= 0.6 is 0 Å². The van der Waals surface area contributed by atoms with Gasteiger partial charge in [-0.3, -0.25) is 0 Å². The summed E-state index contributed by atoms with van der Waals surface area (Å²) >= 11 is 0. The summed E-state index contributed by atoms with van der Waals surface area (Å²) in [6.07, 6.45) is -2.10. The summed E-state index contributed by atoms with van der Waals surface area (Å²) in [5, 5.41) is -0.406. The molecule has 0 aromatic heterocycles. The Kier molecular flexibility index (Phi) is 7.58. The number of rotatable bonds is 7. The van der Waals surface area contributed by atoms with E-state index >= 15 is 0 Å². The number of carbonyl (C=O) groups is 1. The van der Waals surface area contributed by atoms with Crippen LogP contribution in [0.15, 0.2) is 24.3 Å². The van der Waals surface area contributed by atoms with E-state index in [1.807, 2.05) is 20.8 Å². The smallest absolute Gasteiger partial charge is 0.516 e. The van der Waals surface area contributed by atoms with E-state index in [4.69, 9.17) is 4.43 Å². The van der Waals surface area contributed by atoms with E-state index < -0.39 is 62.5 Å². The lowest BCUT2D eigenvalue weighted by molar-refractivity contribution is -0.0722. The van der Waals surface area contributed by atoms with E-state index in [1.165, 1.54) is 12.1 Å². The van der Waals surface area contributed by atoms with Crippen molar-refractivity contribution in [3.63, 3.8) is 0 Å². The SMILES string of the molecule is CC(C)(C)[Si](C)(C)OC(=O)c1ccccc1C(OS(C)(=O)=O)OS(=O)(=O)C(F)(F)F. The van der Waals surface area contributed by atoms with Gasteiger partial charge < -0.3 is 4.43 Å². The molecule has 0 aliphatic heterocycles. The normalized spacial score (nSPS) is 15.0. The van der Waals surface area contributed by atoms with Gasteiger partial charge in [-0.2, -0.15) is 30.0 Å². The van der Waals surface area contributed by atoms with Crippen molar-refractivity contribution in [2.24, 2.45) is 0 Å². The molecular formula is C16H23F3O8S2Si. The zero-order chi connectivity index (χ0) is 23.8. The summed E-state index contributed by atoms with van der Waals surface area (Å²) in [6.45, 7) is 9.00. The minimum absolute atomic E-state index is 0.395. The Morgan fingerprint density at radius 2 is 1.50 bits per heavy atom. The van der Waals surface area contributed by atoms with Crippen molar-refractivity contribution >= 4 is 34.5 Å². The number of hydrogen-bond donors (Lipinski definition) is 0. The van der Waals surface area contributed by atoms with Gasteiger partial charge in [0.15, 0.2) is 0 Å². The van der Waals surface area contributed by atoms with Crippen LogP contribution < -0.4 is 0 Å².